The van der Waals surface area contributed by atoms with Crippen molar-refractivity contribution in [1.29, 1.82) is 0 Å². The predicted molar refractivity (Wildman–Crippen MR) is 48.4 cm³/mol. The van der Waals surface area contributed by atoms with Gasteiger partial charge in [0.1, 0.15) is 6.10 Å². The van der Waals surface area contributed by atoms with Crippen molar-refractivity contribution in [3.63, 3.8) is 0 Å². The third kappa shape index (κ3) is 1.91. The lowest BCUT2D eigenvalue weighted by molar-refractivity contribution is -0.155. The first-order valence-corrected chi connectivity index (χ1v) is 5.20. The fraction of sp³-hybridized carbons (Fsp3) is 0.900. The highest BCUT2D eigenvalue weighted by atomic mass is 16.5. The number of rotatable bonds is 3. The lowest BCUT2D eigenvalue weighted by Crippen LogP contribution is -2.28. The molecule has 1 aliphatic carbocycles. The normalized spacial score (nSPS) is 39.0. The molecule has 1 aliphatic heterocycles. The molecule has 0 aromatic carbocycles. The van der Waals surface area contributed by atoms with E-state index in [2.05, 4.69) is 0 Å². The molecule has 2 rings (SSSR count). The zero-order valence-electron chi connectivity index (χ0n) is 8.06. The first-order valence-electron chi connectivity index (χ1n) is 5.20. The van der Waals surface area contributed by atoms with Crippen LogP contribution < -0.4 is 0 Å². The van der Waals surface area contributed by atoms with Crippen molar-refractivity contribution in [3.8, 4) is 0 Å². The Balaban J connectivity index is 1.83. The zero-order valence-corrected chi connectivity index (χ0v) is 8.06. The van der Waals surface area contributed by atoms with E-state index in [9.17, 15) is 9.90 Å². The topological polar surface area (TPSA) is 66.8 Å². The molecule has 2 N–H and O–H groups in total. The van der Waals surface area contributed by atoms with E-state index in [1.54, 1.807) is 0 Å². The van der Waals surface area contributed by atoms with Crippen LogP contribution in [0.15, 0.2) is 0 Å². The molecule has 0 spiro atoms. The molecule has 0 bridgehead atoms. The Bertz CT molecular complexity index is 228. The summed E-state index contributed by atoms with van der Waals surface area (Å²) in [5, 5.41) is 18.1. The molecule has 1 saturated heterocycles. The van der Waals surface area contributed by atoms with E-state index in [4.69, 9.17) is 9.84 Å². The maximum absolute atomic E-state index is 11.0. The summed E-state index contributed by atoms with van der Waals surface area (Å²) in [7, 11) is 0. The number of hydrogen-bond donors (Lipinski definition) is 2. The summed E-state index contributed by atoms with van der Waals surface area (Å²) >= 11 is 0. The van der Waals surface area contributed by atoms with Gasteiger partial charge in [-0.3, -0.25) is 4.79 Å². The van der Waals surface area contributed by atoms with Crippen LogP contribution in [-0.2, 0) is 9.53 Å². The van der Waals surface area contributed by atoms with E-state index in [0.29, 0.717) is 6.42 Å². The Morgan fingerprint density at radius 3 is 3.00 bits per heavy atom. The number of aliphatic hydroxyl groups excluding tert-OH is 2. The summed E-state index contributed by atoms with van der Waals surface area (Å²) in [5.41, 5.74) is 0. The maximum atomic E-state index is 11.0. The van der Waals surface area contributed by atoms with Gasteiger partial charge >= 0.3 is 5.97 Å². The Morgan fingerprint density at radius 2 is 2.36 bits per heavy atom. The number of ether oxygens (including phenoxy) is 1. The molecule has 2 aliphatic rings. The number of esters is 1. The highest BCUT2D eigenvalue weighted by Gasteiger charge is 2.48. The molecule has 1 heterocycles. The number of hydrogen-bond acceptors (Lipinski definition) is 4. The van der Waals surface area contributed by atoms with E-state index in [1.165, 1.54) is 0 Å². The molecule has 80 valence electrons. The second kappa shape index (κ2) is 3.87. The van der Waals surface area contributed by atoms with E-state index < -0.39 is 6.10 Å². The molecule has 4 heteroatoms. The zero-order chi connectivity index (χ0) is 10.1. The summed E-state index contributed by atoms with van der Waals surface area (Å²) in [6.45, 7) is -0.193. The Labute approximate surface area is 82.9 Å². The third-order valence-corrected chi connectivity index (χ3v) is 3.20. The third-order valence-electron chi connectivity index (χ3n) is 3.20. The largest absolute Gasteiger partial charge is 0.462 e. The summed E-state index contributed by atoms with van der Waals surface area (Å²) in [6, 6.07) is 0. The van der Waals surface area contributed by atoms with Crippen LogP contribution in [0.4, 0.5) is 0 Å². The molecule has 1 saturated carbocycles. The number of cyclic esters (lactones) is 1. The van der Waals surface area contributed by atoms with Crippen molar-refractivity contribution >= 4 is 5.97 Å². The molecule has 0 unspecified atom stereocenters. The SMILES string of the molecule is O=C1CCC[C@H]([C@H]2C[C@@H]2[C@@H](O)CO)O1. The Kier molecular flexibility index (Phi) is 2.74. The van der Waals surface area contributed by atoms with Crippen molar-refractivity contribution in [3.05, 3.63) is 0 Å². The van der Waals surface area contributed by atoms with Gasteiger partial charge in [0.25, 0.3) is 0 Å². The molecule has 2 fully saturated rings. The fourth-order valence-corrected chi connectivity index (χ4v) is 2.28. The lowest BCUT2D eigenvalue weighted by atomic mass is 10.0. The van der Waals surface area contributed by atoms with Crippen molar-refractivity contribution < 1.29 is 19.7 Å². The van der Waals surface area contributed by atoms with Crippen LogP contribution >= 0.6 is 0 Å². The second-order valence-corrected chi connectivity index (χ2v) is 4.23. The standard InChI is InChI=1S/C10H16O4/c11-5-8(12)6-4-7(6)9-2-1-3-10(13)14-9/h6-9,11-12H,1-5H2/t6-,7-,8-,9+/m0/s1. The number of carbonyl (C=O) groups is 1. The number of aliphatic hydroxyl groups is 2. The average molecular weight is 200 g/mol. The van der Waals surface area contributed by atoms with Crippen LogP contribution in [0.3, 0.4) is 0 Å². The minimum Gasteiger partial charge on any atom is -0.462 e. The summed E-state index contributed by atoms with van der Waals surface area (Å²) in [6.07, 6.45) is 2.55. The van der Waals surface area contributed by atoms with Crippen molar-refractivity contribution in [2.24, 2.45) is 11.8 Å². The van der Waals surface area contributed by atoms with Gasteiger partial charge in [-0.05, 0) is 25.2 Å². The molecule has 0 amide bonds. The first kappa shape index (κ1) is 9.93. The smallest absolute Gasteiger partial charge is 0.306 e. The van der Waals surface area contributed by atoms with Crippen molar-refractivity contribution in [1.82, 2.24) is 0 Å². The molecule has 0 aromatic rings. The molecule has 0 radical (unpaired) electrons. The monoisotopic (exact) mass is 200 g/mol. The van der Waals surface area contributed by atoms with E-state index >= 15 is 0 Å². The highest BCUT2D eigenvalue weighted by molar-refractivity contribution is 5.70. The fourth-order valence-electron chi connectivity index (χ4n) is 2.28. The van der Waals surface area contributed by atoms with Gasteiger partial charge in [-0.1, -0.05) is 0 Å². The van der Waals surface area contributed by atoms with Gasteiger partial charge in [0.2, 0.25) is 0 Å². The van der Waals surface area contributed by atoms with Crippen LogP contribution in [0.1, 0.15) is 25.7 Å². The molecule has 4 atom stereocenters. The number of carbonyl (C=O) groups excluding carboxylic acids is 1. The van der Waals surface area contributed by atoms with Crippen molar-refractivity contribution in [2.75, 3.05) is 6.61 Å². The van der Waals surface area contributed by atoms with E-state index in [0.717, 1.165) is 19.3 Å². The second-order valence-electron chi connectivity index (χ2n) is 4.23. The van der Waals surface area contributed by atoms with Crippen LogP contribution in [0, 0.1) is 11.8 Å². The lowest BCUT2D eigenvalue weighted by Gasteiger charge is -2.22. The van der Waals surface area contributed by atoms with Gasteiger partial charge in [0, 0.05) is 12.3 Å². The molecular weight excluding hydrogens is 184 g/mol. The van der Waals surface area contributed by atoms with Gasteiger partial charge in [0.15, 0.2) is 0 Å². The van der Waals surface area contributed by atoms with Crippen molar-refractivity contribution in [2.45, 2.75) is 37.9 Å². The van der Waals surface area contributed by atoms with Crippen LogP contribution in [0.25, 0.3) is 0 Å². The van der Waals surface area contributed by atoms with Gasteiger partial charge < -0.3 is 14.9 Å². The summed E-state index contributed by atoms with van der Waals surface area (Å²) in [5.74, 6) is 0.294. The molecular formula is C10H16O4. The van der Waals surface area contributed by atoms with Gasteiger partial charge in [-0.25, -0.2) is 0 Å². The molecule has 4 nitrogen and oxygen atoms in total. The van der Waals surface area contributed by atoms with Gasteiger partial charge in [0.05, 0.1) is 12.7 Å². The summed E-state index contributed by atoms with van der Waals surface area (Å²) in [4.78, 5) is 11.0. The predicted octanol–water partition coefficient (Wildman–Crippen LogP) is 0.0714. The van der Waals surface area contributed by atoms with Crippen LogP contribution in [-0.4, -0.2) is 35.0 Å². The van der Waals surface area contributed by atoms with Gasteiger partial charge in [-0.15, -0.1) is 0 Å². The van der Waals surface area contributed by atoms with E-state index in [1.807, 2.05) is 0 Å². The Hall–Kier alpha value is -0.610. The van der Waals surface area contributed by atoms with Gasteiger partial charge in [-0.2, -0.15) is 0 Å². The molecule has 14 heavy (non-hydrogen) atoms. The molecule has 0 aromatic heterocycles. The first-order chi connectivity index (χ1) is 6.72. The highest BCUT2D eigenvalue weighted by Crippen LogP contribution is 2.46. The maximum Gasteiger partial charge on any atom is 0.306 e. The average Bonchev–Trinajstić information content (AvgIpc) is 2.96. The quantitative estimate of drug-likeness (QED) is 0.633. The minimum atomic E-state index is -0.638. The Morgan fingerprint density at radius 1 is 1.57 bits per heavy atom. The minimum absolute atomic E-state index is 0.0116. The van der Waals surface area contributed by atoms with E-state index in [-0.39, 0.29) is 30.5 Å². The van der Waals surface area contributed by atoms with Crippen LogP contribution in [0.2, 0.25) is 0 Å². The van der Waals surface area contributed by atoms with Crippen LogP contribution in [0.5, 0.6) is 0 Å². The summed E-state index contributed by atoms with van der Waals surface area (Å²) < 4.78 is 5.20.